The van der Waals surface area contributed by atoms with Crippen LogP contribution < -0.4 is 10.5 Å². The molecule has 0 aromatic heterocycles. The van der Waals surface area contributed by atoms with Crippen LogP contribution in [0.4, 0.5) is 0 Å². The molecule has 1 atom stereocenters. The normalized spacial score (nSPS) is 19.0. The predicted octanol–water partition coefficient (Wildman–Crippen LogP) is 2.90. The molecule has 1 aromatic carbocycles. The minimum Gasteiger partial charge on any atom is -0.503 e. The summed E-state index contributed by atoms with van der Waals surface area (Å²) < 4.78 is 5.87. The fourth-order valence-corrected chi connectivity index (χ4v) is 3.24. The molecular formula is C15H23BrN2O2. The van der Waals surface area contributed by atoms with Gasteiger partial charge in [0.2, 0.25) is 0 Å². The number of methoxy groups -OCH3 is 1. The summed E-state index contributed by atoms with van der Waals surface area (Å²) >= 11 is 3.38. The number of hydrogen-bond acceptors (Lipinski definition) is 4. The molecule has 3 N–H and O–H groups in total. The van der Waals surface area contributed by atoms with Crippen molar-refractivity contribution in [3.05, 3.63) is 22.2 Å². The third-order valence-electron chi connectivity index (χ3n) is 4.14. The molecule has 0 aliphatic carbocycles. The number of phenolic OH excluding ortho intramolecular Hbond substituents is 1. The Kier molecular flexibility index (Phi) is 5.29. The Morgan fingerprint density at radius 1 is 1.45 bits per heavy atom. The fourth-order valence-electron chi connectivity index (χ4n) is 2.78. The average molecular weight is 343 g/mol. The number of ether oxygens (including phenoxy) is 1. The lowest BCUT2D eigenvalue weighted by Crippen LogP contribution is -2.39. The van der Waals surface area contributed by atoms with Crippen molar-refractivity contribution in [3.63, 3.8) is 0 Å². The van der Waals surface area contributed by atoms with Gasteiger partial charge in [-0.2, -0.15) is 0 Å². The van der Waals surface area contributed by atoms with Crippen molar-refractivity contribution >= 4 is 15.9 Å². The number of nitrogens with two attached hydrogens (primary N) is 1. The lowest BCUT2D eigenvalue weighted by atomic mass is 9.95. The number of piperidine rings is 1. The molecule has 20 heavy (non-hydrogen) atoms. The summed E-state index contributed by atoms with van der Waals surface area (Å²) in [7, 11) is 1.56. The van der Waals surface area contributed by atoms with E-state index in [1.807, 2.05) is 12.1 Å². The van der Waals surface area contributed by atoms with E-state index in [9.17, 15) is 5.11 Å². The third-order valence-corrected chi connectivity index (χ3v) is 4.74. The first-order valence-electron chi connectivity index (χ1n) is 7.07. The zero-order valence-corrected chi connectivity index (χ0v) is 13.7. The smallest absolute Gasteiger partial charge is 0.172 e. The lowest BCUT2D eigenvalue weighted by molar-refractivity contribution is 0.141. The standard InChI is InChI=1S/C15H23BrN2O2/c1-10-3-5-18(6-4-10)13(9-17)11-7-12(16)15(19)14(8-11)20-2/h7-8,10,13,19H,3-6,9,17H2,1-2H3. The van der Waals surface area contributed by atoms with Gasteiger partial charge < -0.3 is 15.6 Å². The van der Waals surface area contributed by atoms with E-state index in [4.69, 9.17) is 10.5 Å². The molecule has 1 saturated heterocycles. The second-order valence-electron chi connectivity index (χ2n) is 5.52. The van der Waals surface area contributed by atoms with Gasteiger partial charge in [-0.3, -0.25) is 4.90 Å². The second kappa shape index (κ2) is 6.78. The number of nitrogens with zero attached hydrogens (tertiary/aromatic N) is 1. The molecule has 0 spiro atoms. The molecular weight excluding hydrogens is 320 g/mol. The van der Waals surface area contributed by atoms with Crippen LogP contribution in [0.5, 0.6) is 11.5 Å². The lowest BCUT2D eigenvalue weighted by Gasteiger charge is -2.36. The molecule has 0 bridgehead atoms. The number of halogens is 1. The molecule has 5 heteroatoms. The van der Waals surface area contributed by atoms with Crippen molar-refractivity contribution in [2.45, 2.75) is 25.8 Å². The van der Waals surface area contributed by atoms with Crippen molar-refractivity contribution in [3.8, 4) is 11.5 Å². The molecule has 1 fully saturated rings. The SMILES string of the molecule is COc1cc(C(CN)N2CCC(C)CC2)cc(Br)c1O. The Labute approximate surface area is 129 Å². The van der Waals surface area contributed by atoms with Gasteiger partial charge in [0.25, 0.3) is 0 Å². The molecule has 0 saturated carbocycles. The van der Waals surface area contributed by atoms with Crippen LogP contribution in [0.15, 0.2) is 16.6 Å². The quantitative estimate of drug-likeness (QED) is 0.883. The van der Waals surface area contributed by atoms with Crippen molar-refractivity contribution < 1.29 is 9.84 Å². The number of phenols is 1. The first-order chi connectivity index (χ1) is 9.56. The van der Waals surface area contributed by atoms with Gasteiger partial charge in [-0.05, 0) is 65.5 Å². The Morgan fingerprint density at radius 3 is 2.65 bits per heavy atom. The van der Waals surface area contributed by atoms with Crippen molar-refractivity contribution in [1.82, 2.24) is 4.90 Å². The second-order valence-corrected chi connectivity index (χ2v) is 6.38. The van der Waals surface area contributed by atoms with Crippen LogP contribution in [0.3, 0.4) is 0 Å². The maximum Gasteiger partial charge on any atom is 0.172 e. The molecule has 1 unspecified atom stereocenters. The highest BCUT2D eigenvalue weighted by Crippen LogP contribution is 2.38. The summed E-state index contributed by atoms with van der Waals surface area (Å²) in [6.45, 7) is 5.01. The maximum atomic E-state index is 9.90. The minimum absolute atomic E-state index is 0.138. The van der Waals surface area contributed by atoms with E-state index in [0.29, 0.717) is 16.8 Å². The first-order valence-corrected chi connectivity index (χ1v) is 7.86. The van der Waals surface area contributed by atoms with Crippen LogP contribution in [0.25, 0.3) is 0 Å². The Morgan fingerprint density at radius 2 is 2.10 bits per heavy atom. The Bertz CT molecular complexity index is 459. The summed E-state index contributed by atoms with van der Waals surface area (Å²) in [6.07, 6.45) is 2.43. The van der Waals surface area contributed by atoms with Crippen LogP contribution >= 0.6 is 15.9 Å². The number of aromatic hydroxyl groups is 1. The van der Waals surface area contributed by atoms with Gasteiger partial charge in [0.15, 0.2) is 11.5 Å². The van der Waals surface area contributed by atoms with Crippen LogP contribution in [0, 0.1) is 5.92 Å². The molecule has 1 aliphatic heterocycles. The molecule has 112 valence electrons. The van der Waals surface area contributed by atoms with Crippen molar-refractivity contribution in [1.29, 1.82) is 0 Å². The number of likely N-dealkylation sites (tertiary alicyclic amines) is 1. The summed E-state index contributed by atoms with van der Waals surface area (Å²) in [4.78, 5) is 2.43. The first kappa shape index (κ1) is 15.6. The van der Waals surface area contributed by atoms with E-state index in [1.165, 1.54) is 12.8 Å². The van der Waals surface area contributed by atoms with E-state index in [-0.39, 0.29) is 11.8 Å². The third kappa shape index (κ3) is 3.27. The van der Waals surface area contributed by atoms with Crippen LogP contribution in [-0.2, 0) is 0 Å². The predicted molar refractivity (Wildman–Crippen MR) is 84.1 cm³/mol. The van der Waals surface area contributed by atoms with Crippen molar-refractivity contribution in [2.24, 2.45) is 11.7 Å². The van der Waals surface area contributed by atoms with Gasteiger partial charge in [-0.15, -0.1) is 0 Å². The average Bonchev–Trinajstić information content (AvgIpc) is 2.45. The highest BCUT2D eigenvalue weighted by molar-refractivity contribution is 9.10. The van der Waals surface area contributed by atoms with E-state index in [0.717, 1.165) is 24.6 Å². The van der Waals surface area contributed by atoms with Gasteiger partial charge >= 0.3 is 0 Å². The fraction of sp³-hybridized carbons (Fsp3) is 0.600. The largest absolute Gasteiger partial charge is 0.503 e. The number of hydrogen-bond donors (Lipinski definition) is 2. The van der Waals surface area contributed by atoms with Crippen molar-refractivity contribution in [2.75, 3.05) is 26.7 Å². The topological polar surface area (TPSA) is 58.7 Å². The van der Waals surface area contributed by atoms with Gasteiger partial charge in [0, 0.05) is 12.6 Å². The van der Waals surface area contributed by atoms with Crippen LogP contribution in [-0.4, -0.2) is 36.8 Å². The molecule has 2 rings (SSSR count). The van der Waals surface area contributed by atoms with Gasteiger partial charge in [0.1, 0.15) is 0 Å². The summed E-state index contributed by atoms with van der Waals surface area (Å²) in [5.74, 6) is 1.42. The summed E-state index contributed by atoms with van der Waals surface area (Å²) in [5.41, 5.74) is 7.08. The summed E-state index contributed by atoms with van der Waals surface area (Å²) in [6, 6.07) is 4.00. The highest BCUT2D eigenvalue weighted by Gasteiger charge is 2.25. The zero-order valence-electron chi connectivity index (χ0n) is 12.1. The molecule has 1 heterocycles. The number of rotatable bonds is 4. The van der Waals surface area contributed by atoms with E-state index < -0.39 is 0 Å². The van der Waals surface area contributed by atoms with Gasteiger partial charge in [0.05, 0.1) is 11.6 Å². The number of benzene rings is 1. The maximum absolute atomic E-state index is 9.90. The zero-order chi connectivity index (χ0) is 14.7. The highest BCUT2D eigenvalue weighted by atomic mass is 79.9. The van der Waals surface area contributed by atoms with Crippen LogP contribution in [0.2, 0.25) is 0 Å². The van der Waals surface area contributed by atoms with Gasteiger partial charge in [-0.25, -0.2) is 0 Å². The molecule has 0 amide bonds. The summed E-state index contributed by atoms with van der Waals surface area (Å²) in [5, 5.41) is 9.90. The van der Waals surface area contributed by atoms with Crippen LogP contribution in [0.1, 0.15) is 31.4 Å². The Hall–Kier alpha value is -0.780. The molecule has 1 aromatic rings. The molecule has 4 nitrogen and oxygen atoms in total. The molecule has 1 aliphatic rings. The molecule has 0 radical (unpaired) electrons. The van der Waals surface area contributed by atoms with Gasteiger partial charge in [-0.1, -0.05) is 6.92 Å². The minimum atomic E-state index is 0.138. The Balaban J connectivity index is 2.25. The van der Waals surface area contributed by atoms with E-state index in [2.05, 4.69) is 27.8 Å². The van der Waals surface area contributed by atoms with E-state index >= 15 is 0 Å². The monoisotopic (exact) mass is 342 g/mol. The van der Waals surface area contributed by atoms with E-state index in [1.54, 1.807) is 7.11 Å².